The molecule has 0 saturated carbocycles. The molecule has 2 N–H and O–H groups in total. The molecule has 3 heterocycles. The molecule has 206 valence electrons. The molecular weight excluding hydrogens is 522 g/mol. The number of hydrogen-bond acceptors (Lipinski definition) is 4. The van der Waals surface area contributed by atoms with Crippen LogP contribution in [0.4, 0.5) is 0 Å². The number of nitrogens with zero attached hydrogens (tertiary/aromatic N) is 1. The van der Waals surface area contributed by atoms with Crippen LogP contribution >= 0.6 is 0 Å². The number of carboxylic acid groups (broad SMARTS) is 2. The van der Waals surface area contributed by atoms with Crippen LogP contribution in [0, 0.1) is 0 Å². The van der Waals surface area contributed by atoms with Crippen LogP contribution in [0.5, 0.6) is 5.75 Å². The lowest BCUT2D eigenvalue weighted by atomic mass is 10.0. The number of carboxylic acids is 2. The van der Waals surface area contributed by atoms with Gasteiger partial charge in [-0.2, -0.15) is 0 Å². The van der Waals surface area contributed by atoms with Gasteiger partial charge in [0.15, 0.2) is 8.32 Å². The summed E-state index contributed by atoms with van der Waals surface area (Å²) >= 11 is 0. The van der Waals surface area contributed by atoms with Gasteiger partial charge in [-0.3, -0.25) is 0 Å². The Bertz CT molecular complexity index is 1700. The average Bonchev–Trinajstić information content (AvgIpc) is 3.46. The van der Waals surface area contributed by atoms with E-state index in [1.54, 1.807) is 10.5 Å². The van der Waals surface area contributed by atoms with Gasteiger partial charge >= 0.3 is 11.9 Å². The van der Waals surface area contributed by atoms with Crippen molar-refractivity contribution < 1.29 is 29.0 Å². The molecule has 7 nitrogen and oxygen atoms in total. The maximum atomic E-state index is 12.5. The monoisotopic (exact) mass is 555 g/mol. The number of carbonyl (C=O) groups is 2. The Morgan fingerprint density at radius 1 is 0.825 bits per heavy atom. The van der Waals surface area contributed by atoms with E-state index < -0.39 is 20.3 Å². The predicted molar refractivity (Wildman–Crippen MR) is 158 cm³/mol. The van der Waals surface area contributed by atoms with E-state index in [0.29, 0.717) is 35.6 Å². The Morgan fingerprint density at radius 3 is 2.08 bits per heavy atom. The Morgan fingerprint density at radius 2 is 1.48 bits per heavy atom. The Hall–Kier alpha value is -4.14. The number of aromatic carboxylic acids is 2. The normalized spacial score (nSPS) is 12.3. The summed E-state index contributed by atoms with van der Waals surface area (Å²) in [5.41, 5.74) is 4.35. The molecule has 0 bridgehead atoms. The summed E-state index contributed by atoms with van der Waals surface area (Å²) in [6.45, 7) is 11.7. The van der Waals surface area contributed by atoms with Crippen molar-refractivity contribution in [3.05, 3.63) is 95.1 Å². The summed E-state index contributed by atoms with van der Waals surface area (Å²) in [7, 11) is -2.07. The molecule has 5 aromatic rings. The molecule has 8 heteroatoms. The van der Waals surface area contributed by atoms with Crippen LogP contribution in [-0.2, 0) is 17.6 Å². The number of rotatable bonds is 9. The van der Waals surface area contributed by atoms with Crippen LogP contribution in [0.25, 0.3) is 27.7 Å². The standard InChI is InChI=1S/C32H33NO6Si/c1-32(2,3)40(4,5)39-19-22-13-16-25-27(30(34)35)28(31(36)37)29-24(17-26(22)33(25)29)21-11-14-23(15-12-21)38-18-20-9-7-6-8-10-20/h6-17H,18-19H2,1-5H3,(H,34,35)(H,36,37). The van der Waals surface area contributed by atoms with E-state index in [0.717, 1.165) is 22.2 Å². The third-order valence-corrected chi connectivity index (χ3v) is 12.5. The van der Waals surface area contributed by atoms with Crippen molar-refractivity contribution in [1.29, 1.82) is 0 Å². The summed E-state index contributed by atoms with van der Waals surface area (Å²) in [6, 6.07) is 22.7. The fourth-order valence-corrected chi connectivity index (χ4v) is 5.69. The first-order valence-corrected chi connectivity index (χ1v) is 16.1. The molecule has 3 aromatic heterocycles. The van der Waals surface area contributed by atoms with Gasteiger partial charge in [0.1, 0.15) is 23.5 Å². The molecule has 5 rings (SSSR count). The van der Waals surface area contributed by atoms with Crippen molar-refractivity contribution in [2.24, 2.45) is 0 Å². The van der Waals surface area contributed by atoms with E-state index in [-0.39, 0.29) is 16.2 Å². The maximum Gasteiger partial charge on any atom is 0.338 e. The highest BCUT2D eigenvalue weighted by Gasteiger charge is 2.37. The molecule has 0 radical (unpaired) electrons. The third-order valence-electron chi connectivity index (χ3n) is 7.99. The van der Waals surface area contributed by atoms with Gasteiger partial charge in [-0.15, -0.1) is 0 Å². The van der Waals surface area contributed by atoms with E-state index in [2.05, 4.69) is 33.9 Å². The summed E-state index contributed by atoms with van der Waals surface area (Å²) in [6.07, 6.45) is 0. The van der Waals surface area contributed by atoms with Crippen LogP contribution < -0.4 is 4.74 Å². The lowest BCUT2D eigenvalue weighted by Gasteiger charge is -2.36. The van der Waals surface area contributed by atoms with Gasteiger partial charge in [0.05, 0.1) is 23.2 Å². The van der Waals surface area contributed by atoms with Crippen molar-refractivity contribution in [3.8, 4) is 16.9 Å². The fraction of sp³-hybridized carbons (Fsp3) is 0.250. The van der Waals surface area contributed by atoms with E-state index >= 15 is 0 Å². The molecular formula is C32H33NO6Si. The predicted octanol–water partition coefficient (Wildman–Crippen LogP) is 7.69. The van der Waals surface area contributed by atoms with Crippen molar-refractivity contribution in [3.63, 3.8) is 0 Å². The number of ether oxygens (including phenoxy) is 1. The molecule has 0 aliphatic carbocycles. The molecule has 0 aliphatic heterocycles. The maximum absolute atomic E-state index is 12.5. The highest BCUT2D eigenvalue weighted by Crippen LogP contribution is 2.41. The smallest absolute Gasteiger partial charge is 0.338 e. The van der Waals surface area contributed by atoms with Crippen molar-refractivity contribution in [2.45, 2.75) is 52.1 Å². The van der Waals surface area contributed by atoms with Crippen LogP contribution in [0.15, 0.2) is 72.8 Å². The molecule has 0 amide bonds. The topological polar surface area (TPSA) is 97.5 Å². The second-order valence-electron chi connectivity index (χ2n) is 11.6. The van der Waals surface area contributed by atoms with Crippen LogP contribution in [-0.4, -0.2) is 34.9 Å². The second-order valence-corrected chi connectivity index (χ2v) is 16.4. The highest BCUT2D eigenvalue weighted by molar-refractivity contribution is 6.74. The molecule has 0 spiro atoms. The minimum Gasteiger partial charge on any atom is -0.489 e. The fourth-order valence-electron chi connectivity index (χ4n) is 4.74. The average molecular weight is 556 g/mol. The van der Waals surface area contributed by atoms with Gasteiger partial charge in [-0.05, 0) is 53.5 Å². The van der Waals surface area contributed by atoms with E-state index in [1.165, 1.54) is 0 Å². The van der Waals surface area contributed by atoms with Crippen LogP contribution in [0.3, 0.4) is 0 Å². The largest absolute Gasteiger partial charge is 0.489 e. The lowest BCUT2D eigenvalue weighted by Crippen LogP contribution is -2.40. The number of pyridine rings is 1. The van der Waals surface area contributed by atoms with E-state index in [9.17, 15) is 19.8 Å². The molecule has 0 aliphatic rings. The van der Waals surface area contributed by atoms with Gasteiger partial charge in [-0.25, -0.2) is 9.59 Å². The summed E-state index contributed by atoms with van der Waals surface area (Å²) < 4.78 is 14.2. The zero-order chi connectivity index (χ0) is 28.8. The van der Waals surface area contributed by atoms with Crippen molar-refractivity contribution >= 4 is 36.8 Å². The zero-order valence-corrected chi connectivity index (χ0v) is 24.3. The van der Waals surface area contributed by atoms with Gasteiger partial charge in [0.25, 0.3) is 0 Å². The second kappa shape index (κ2) is 10.1. The molecule has 0 unspecified atom stereocenters. The number of aromatic nitrogens is 1. The minimum atomic E-state index is -2.07. The van der Waals surface area contributed by atoms with Crippen LogP contribution in [0.2, 0.25) is 18.1 Å². The van der Waals surface area contributed by atoms with Gasteiger partial charge in [0.2, 0.25) is 0 Å². The number of hydrogen-bond donors (Lipinski definition) is 2. The third kappa shape index (κ3) is 4.84. The molecule has 40 heavy (non-hydrogen) atoms. The lowest BCUT2D eigenvalue weighted by molar-refractivity contribution is 0.0655. The van der Waals surface area contributed by atoms with Gasteiger partial charge in [-0.1, -0.05) is 69.3 Å². The minimum absolute atomic E-state index is 0.0222. The summed E-state index contributed by atoms with van der Waals surface area (Å²) in [5.74, 6) is -1.88. The first-order valence-electron chi connectivity index (χ1n) is 13.2. The summed E-state index contributed by atoms with van der Waals surface area (Å²) in [4.78, 5) is 24.7. The molecule has 0 saturated heterocycles. The van der Waals surface area contributed by atoms with Crippen molar-refractivity contribution in [1.82, 2.24) is 4.40 Å². The summed E-state index contributed by atoms with van der Waals surface area (Å²) in [5, 5.41) is 20.2. The molecule has 0 atom stereocenters. The zero-order valence-electron chi connectivity index (χ0n) is 23.3. The SMILES string of the molecule is CC(C)(C)[Si](C)(C)OCc1ccc2c(C(=O)O)c(C(=O)O)c3c(-c4ccc(OCc5ccccc5)cc4)cc1n23. The molecule has 0 fully saturated rings. The molecule has 2 aromatic carbocycles. The van der Waals surface area contributed by atoms with E-state index in [4.69, 9.17) is 9.16 Å². The van der Waals surface area contributed by atoms with Crippen molar-refractivity contribution in [2.75, 3.05) is 0 Å². The number of benzene rings is 2. The quantitative estimate of drug-likeness (QED) is 0.181. The van der Waals surface area contributed by atoms with Crippen LogP contribution in [0.1, 0.15) is 52.6 Å². The van der Waals surface area contributed by atoms with Gasteiger partial charge < -0.3 is 23.8 Å². The Balaban J connectivity index is 1.60. The first kappa shape index (κ1) is 27.4. The first-order chi connectivity index (χ1) is 18.9. The Kier molecular flexibility index (Phi) is 6.93. The Labute approximate surface area is 234 Å². The van der Waals surface area contributed by atoms with Gasteiger partial charge in [0, 0.05) is 11.1 Å². The van der Waals surface area contributed by atoms with E-state index in [1.807, 2.05) is 66.7 Å². The highest BCUT2D eigenvalue weighted by atomic mass is 28.4.